The highest BCUT2D eigenvalue weighted by molar-refractivity contribution is 9.10. The van der Waals surface area contributed by atoms with Gasteiger partial charge in [-0.2, -0.15) is 0 Å². The molecule has 23 heavy (non-hydrogen) atoms. The average molecular weight is 377 g/mol. The molecule has 2 rings (SSSR count). The Morgan fingerprint density at radius 3 is 2.57 bits per heavy atom. The SMILES string of the molecule is C=CCNC(=O)c1ccccc1NC(=O)c1ccc(Br)cc1F. The first-order chi connectivity index (χ1) is 11.0. The summed E-state index contributed by atoms with van der Waals surface area (Å²) in [4.78, 5) is 24.3. The van der Waals surface area contributed by atoms with Gasteiger partial charge in [-0.3, -0.25) is 9.59 Å². The molecular weight excluding hydrogens is 363 g/mol. The molecule has 0 aromatic heterocycles. The van der Waals surface area contributed by atoms with Gasteiger partial charge in [-0.15, -0.1) is 6.58 Å². The zero-order chi connectivity index (χ0) is 16.8. The standard InChI is InChI=1S/C17H14BrFN2O2/c1-2-9-20-16(22)13-5-3-4-6-15(13)21-17(23)12-8-7-11(18)10-14(12)19/h2-8,10H,1,9H2,(H,20,22)(H,21,23). The van der Waals surface area contributed by atoms with Gasteiger partial charge < -0.3 is 10.6 Å². The molecule has 0 fully saturated rings. The number of para-hydroxylation sites is 1. The minimum atomic E-state index is -0.648. The van der Waals surface area contributed by atoms with Crippen LogP contribution in [0.15, 0.2) is 59.6 Å². The van der Waals surface area contributed by atoms with E-state index >= 15 is 0 Å². The maximum absolute atomic E-state index is 13.8. The van der Waals surface area contributed by atoms with Gasteiger partial charge in [-0.05, 0) is 30.3 Å². The van der Waals surface area contributed by atoms with E-state index in [1.807, 2.05) is 0 Å². The Kier molecular flexibility index (Phi) is 5.65. The highest BCUT2D eigenvalue weighted by atomic mass is 79.9. The molecule has 4 nitrogen and oxygen atoms in total. The number of amides is 2. The Hall–Kier alpha value is -2.47. The smallest absolute Gasteiger partial charge is 0.258 e. The molecule has 0 aliphatic carbocycles. The molecule has 0 saturated carbocycles. The number of benzene rings is 2. The second-order valence-electron chi connectivity index (χ2n) is 4.62. The molecule has 0 saturated heterocycles. The first-order valence-corrected chi connectivity index (χ1v) is 7.56. The number of carbonyl (C=O) groups is 2. The van der Waals surface area contributed by atoms with E-state index in [0.717, 1.165) is 0 Å². The van der Waals surface area contributed by atoms with Crippen molar-refractivity contribution < 1.29 is 14.0 Å². The third-order valence-corrected chi connectivity index (χ3v) is 3.50. The monoisotopic (exact) mass is 376 g/mol. The van der Waals surface area contributed by atoms with Crippen molar-refractivity contribution in [2.75, 3.05) is 11.9 Å². The molecule has 0 unspecified atom stereocenters. The molecule has 0 bridgehead atoms. The van der Waals surface area contributed by atoms with Crippen LogP contribution in [0, 0.1) is 5.82 Å². The maximum Gasteiger partial charge on any atom is 0.258 e. The summed E-state index contributed by atoms with van der Waals surface area (Å²) >= 11 is 3.13. The number of carbonyl (C=O) groups excluding carboxylic acids is 2. The van der Waals surface area contributed by atoms with Crippen LogP contribution in [0.25, 0.3) is 0 Å². The molecule has 2 aromatic rings. The van der Waals surface area contributed by atoms with Crippen molar-refractivity contribution in [1.29, 1.82) is 0 Å². The summed E-state index contributed by atoms with van der Waals surface area (Å²) in [7, 11) is 0. The second-order valence-corrected chi connectivity index (χ2v) is 5.54. The van der Waals surface area contributed by atoms with Crippen LogP contribution in [-0.2, 0) is 0 Å². The third-order valence-electron chi connectivity index (χ3n) is 3.00. The van der Waals surface area contributed by atoms with E-state index in [0.29, 0.717) is 22.3 Å². The van der Waals surface area contributed by atoms with Gasteiger partial charge >= 0.3 is 0 Å². The van der Waals surface area contributed by atoms with Crippen LogP contribution in [0.5, 0.6) is 0 Å². The van der Waals surface area contributed by atoms with Crippen molar-refractivity contribution in [2.24, 2.45) is 0 Å². The molecule has 0 atom stereocenters. The van der Waals surface area contributed by atoms with Gasteiger partial charge in [-0.1, -0.05) is 34.1 Å². The van der Waals surface area contributed by atoms with Crippen LogP contribution >= 0.6 is 15.9 Å². The second kappa shape index (κ2) is 7.69. The molecule has 0 heterocycles. The lowest BCUT2D eigenvalue weighted by Gasteiger charge is -2.11. The third kappa shape index (κ3) is 4.26. The van der Waals surface area contributed by atoms with Gasteiger partial charge in [0.2, 0.25) is 0 Å². The molecular formula is C17H14BrFN2O2. The summed E-state index contributed by atoms with van der Waals surface area (Å²) in [5, 5.41) is 5.20. The Bertz CT molecular complexity index is 762. The Morgan fingerprint density at radius 1 is 1.13 bits per heavy atom. The van der Waals surface area contributed by atoms with E-state index in [1.54, 1.807) is 36.4 Å². The number of halogens is 2. The minimum absolute atomic E-state index is 0.102. The molecule has 118 valence electrons. The molecule has 0 aliphatic heterocycles. The highest BCUT2D eigenvalue weighted by Gasteiger charge is 2.16. The van der Waals surface area contributed by atoms with Gasteiger partial charge in [-0.25, -0.2) is 4.39 Å². The van der Waals surface area contributed by atoms with E-state index < -0.39 is 11.7 Å². The molecule has 6 heteroatoms. The molecule has 2 amide bonds. The first kappa shape index (κ1) is 16.9. The Labute approximate surface area is 141 Å². The van der Waals surface area contributed by atoms with Crippen molar-refractivity contribution in [3.8, 4) is 0 Å². The van der Waals surface area contributed by atoms with Crippen molar-refractivity contribution in [3.05, 3.63) is 76.5 Å². The summed E-state index contributed by atoms with van der Waals surface area (Å²) < 4.78 is 14.4. The number of rotatable bonds is 5. The van der Waals surface area contributed by atoms with Gasteiger partial charge in [0.25, 0.3) is 11.8 Å². The number of hydrogen-bond acceptors (Lipinski definition) is 2. The normalized spacial score (nSPS) is 10.0. The summed E-state index contributed by atoms with van der Waals surface area (Å²) in [5.41, 5.74) is 0.496. The van der Waals surface area contributed by atoms with Crippen LogP contribution in [0.3, 0.4) is 0 Å². The fourth-order valence-electron chi connectivity index (χ4n) is 1.91. The summed E-state index contributed by atoms with van der Waals surface area (Å²) in [6, 6.07) is 10.7. The quantitative estimate of drug-likeness (QED) is 0.780. The lowest BCUT2D eigenvalue weighted by molar-refractivity contribution is 0.0959. The predicted octanol–water partition coefficient (Wildman–Crippen LogP) is 3.76. The zero-order valence-corrected chi connectivity index (χ0v) is 13.7. The summed E-state index contributed by atoms with van der Waals surface area (Å²) in [6.07, 6.45) is 1.55. The highest BCUT2D eigenvalue weighted by Crippen LogP contribution is 2.19. The van der Waals surface area contributed by atoms with Gasteiger partial charge in [0.15, 0.2) is 0 Å². The van der Waals surface area contributed by atoms with E-state index in [-0.39, 0.29) is 11.5 Å². The van der Waals surface area contributed by atoms with Crippen molar-refractivity contribution >= 4 is 33.4 Å². The van der Waals surface area contributed by atoms with Crippen LogP contribution in [0.2, 0.25) is 0 Å². The number of nitrogens with one attached hydrogen (secondary N) is 2. The van der Waals surface area contributed by atoms with E-state index in [9.17, 15) is 14.0 Å². The van der Waals surface area contributed by atoms with Gasteiger partial charge in [0.1, 0.15) is 5.82 Å². The zero-order valence-electron chi connectivity index (χ0n) is 12.1. The predicted molar refractivity (Wildman–Crippen MR) is 91.0 cm³/mol. The van der Waals surface area contributed by atoms with E-state index in [1.165, 1.54) is 12.1 Å². The fourth-order valence-corrected chi connectivity index (χ4v) is 2.25. The minimum Gasteiger partial charge on any atom is -0.349 e. The molecule has 2 aromatic carbocycles. The van der Waals surface area contributed by atoms with E-state index in [2.05, 4.69) is 33.1 Å². The first-order valence-electron chi connectivity index (χ1n) is 6.77. The molecule has 2 N–H and O–H groups in total. The lowest BCUT2D eigenvalue weighted by atomic mass is 10.1. The lowest BCUT2D eigenvalue weighted by Crippen LogP contribution is -2.25. The van der Waals surface area contributed by atoms with Gasteiger partial charge in [0.05, 0.1) is 16.8 Å². The number of hydrogen-bond donors (Lipinski definition) is 2. The van der Waals surface area contributed by atoms with Crippen molar-refractivity contribution in [2.45, 2.75) is 0 Å². The fraction of sp³-hybridized carbons (Fsp3) is 0.0588. The largest absolute Gasteiger partial charge is 0.349 e. The van der Waals surface area contributed by atoms with Crippen molar-refractivity contribution in [1.82, 2.24) is 5.32 Å². The van der Waals surface area contributed by atoms with Crippen LogP contribution < -0.4 is 10.6 Å². The molecule has 0 spiro atoms. The molecule has 0 radical (unpaired) electrons. The molecule has 0 aliphatic rings. The topological polar surface area (TPSA) is 58.2 Å². The van der Waals surface area contributed by atoms with Crippen LogP contribution in [-0.4, -0.2) is 18.4 Å². The Morgan fingerprint density at radius 2 is 1.87 bits per heavy atom. The average Bonchev–Trinajstić information content (AvgIpc) is 2.53. The van der Waals surface area contributed by atoms with Crippen LogP contribution in [0.4, 0.5) is 10.1 Å². The summed E-state index contributed by atoms with van der Waals surface area (Å²) in [6.45, 7) is 3.83. The van der Waals surface area contributed by atoms with Gasteiger partial charge in [0, 0.05) is 11.0 Å². The van der Waals surface area contributed by atoms with Crippen LogP contribution in [0.1, 0.15) is 20.7 Å². The summed E-state index contributed by atoms with van der Waals surface area (Å²) in [5.74, 6) is -1.62. The van der Waals surface area contributed by atoms with E-state index in [4.69, 9.17) is 0 Å². The maximum atomic E-state index is 13.8. The van der Waals surface area contributed by atoms with Crippen molar-refractivity contribution in [3.63, 3.8) is 0 Å². The Balaban J connectivity index is 2.24. The number of anilines is 1.